The van der Waals surface area contributed by atoms with Crippen molar-refractivity contribution in [1.29, 1.82) is 0 Å². The lowest BCUT2D eigenvalue weighted by atomic mass is 10.0. The third-order valence-electron chi connectivity index (χ3n) is 3.40. The van der Waals surface area contributed by atoms with E-state index in [-0.39, 0.29) is 6.04 Å². The minimum absolute atomic E-state index is 0.0398. The monoisotopic (exact) mass is 349 g/mol. The minimum Gasteiger partial charge on any atom is -0.493 e. The smallest absolute Gasteiger partial charge is 0.122 e. The van der Waals surface area contributed by atoms with Crippen LogP contribution in [-0.2, 0) is 6.42 Å². The standard InChI is InChI=1S/C16H16BrNOS/c17-13-3-1-2-4-16(13)20-10-14(18)11-5-6-15-12(9-11)7-8-19-15/h1-6,9,14H,7-8,10,18H2. The molecule has 1 heterocycles. The zero-order valence-electron chi connectivity index (χ0n) is 11.0. The Morgan fingerprint density at radius 2 is 2.10 bits per heavy atom. The molecule has 2 N–H and O–H groups in total. The summed E-state index contributed by atoms with van der Waals surface area (Å²) in [6.07, 6.45) is 0.993. The highest BCUT2D eigenvalue weighted by Crippen LogP contribution is 2.32. The first kappa shape index (κ1) is 14.0. The number of rotatable bonds is 4. The van der Waals surface area contributed by atoms with Gasteiger partial charge in [0.25, 0.3) is 0 Å². The van der Waals surface area contributed by atoms with Crippen molar-refractivity contribution in [3.05, 3.63) is 58.1 Å². The molecule has 1 aliphatic rings. The summed E-state index contributed by atoms with van der Waals surface area (Å²) < 4.78 is 6.65. The Hall–Kier alpha value is -0.970. The third kappa shape index (κ3) is 3.03. The van der Waals surface area contributed by atoms with E-state index in [0.717, 1.165) is 29.0 Å². The zero-order valence-corrected chi connectivity index (χ0v) is 13.4. The Bertz CT molecular complexity index is 617. The molecule has 1 aliphatic heterocycles. The topological polar surface area (TPSA) is 35.2 Å². The second kappa shape index (κ2) is 6.20. The molecular weight excluding hydrogens is 334 g/mol. The summed E-state index contributed by atoms with van der Waals surface area (Å²) in [5.74, 6) is 1.88. The van der Waals surface area contributed by atoms with E-state index in [1.54, 1.807) is 11.8 Å². The van der Waals surface area contributed by atoms with Crippen LogP contribution in [0.15, 0.2) is 51.8 Å². The Kier molecular flexibility index (Phi) is 4.34. The van der Waals surface area contributed by atoms with E-state index in [0.29, 0.717) is 0 Å². The Morgan fingerprint density at radius 3 is 2.95 bits per heavy atom. The Balaban J connectivity index is 1.67. The average molecular weight is 350 g/mol. The molecule has 0 amide bonds. The lowest BCUT2D eigenvalue weighted by Gasteiger charge is -2.13. The molecule has 1 unspecified atom stereocenters. The first-order chi connectivity index (χ1) is 9.74. The van der Waals surface area contributed by atoms with Crippen molar-refractivity contribution in [1.82, 2.24) is 0 Å². The van der Waals surface area contributed by atoms with E-state index in [4.69, 9.17) is 10.5 Å². The van der Waals surface area contributed by atoms with Crippen LogP contribution in [0.5, 0.6) is 5.75 Å². The molecule has 0 radical (unpaired) electrons. The fourth-order valence-corrected chi connectivity index (χ4v) is 3.84. The average Bonchev–Trinajstić information content (AvgIpc) is 2.93. The van der Waals surface area contributed by atoms with Crippen molar-refractivity contribution in [3.8, 4) is 5.75 Å². The SMILES string of the molecule is NC(CSc1ccccc1Br)c1ccc2c(c1)CCO2. The maximum absolute atomic E-state index is 6.31. The van der Waals surface area contributed by atoms with Gasteiger partial charge in [-0.2, -0.15) is 0 Å². The van der Waals surface area contributed by atoms with Crippen LogP contribution in [-0.4, -0.2) is 12.4 Å². The summed E-state index contributed by atoms with van der Waals surface area (Å²) in [6, 6.07) is 14.6. The van der Waals surface area contributed by atoms with E-state index < -0.39 is 0 Å². The lowest BCUT2D eigenvalue weighted by Crippen LogP contribution is -2.13. The van der Waals surface area contributed by atoms with Gasteiger partial charge >= 0.3 is 0 Å². The highest BCUT2D eigenvalue weighted by Gasteiger charge is 2.15. The van der Waals surface area contributed by atoms with Crippen molar-refractivity contribution in [2.24, 2.45) is 5.73 Å². The second-order valence-corrected chi connectivity index (χ2v) is 6.73. The van der Waals surface area contributed by atoms with Crippen LogP contribution >= 0.6 is 27.7 Å². The van der Waals surface area contributed by atoms with Crippen molar-refractivity contribution >= 4 is 27.7 Å². The van der Waals surface area contributed by atoms with Crippen molar-refractivity contribution in [2.45, 2.75) is 17.4 Å². The summed E-state index contributed by atoms with van der Waals surface area (Å²) >= 11 is 5.35. The predicted octanol–water partition coefficient (Wildman–Crippen LogP) is 4.18. The van der Waals surface area contributed by atoms with Crippen molar-refractivity contribution in [3.63, 3.8) is 0 Å². The minimum atomic E-state index is 0.0398. The second-order valence-electron chi connectivity index (χ2n) is 4.81. The van der Waals surface area contributed by atoms with Crippen LogP contribution in [0.4, 0.5) is 0 Å². The Morgan fingerprint density at radius 1 is 1.25 bits per heavy atom. The molecule has 0 saturated heterocycles. The number of hydrogen-bond donors (Lipinski definition) is 1. The maximum Gasteiger partial charge on any atom is 0.122 e. The summed E-state index contributed by atoms with van der Waals surface area (Å²) in [6.45, 7) is 0.791. The number of fused-ring (bicyclic) bond motifs is 1. The van der Waals surface area contributed by atoms with Crippen LogP contribution < -0.4 is 10.5 Å². The first-order valence-corrected chi connectivity index (χ1v) is 8.40. The van der Waals surface area contributed by atoms with E-state index in [1.165, 1.54) is 16.0 Å². The number of hydrogen-bond acceptors (Lipinski definition) is 3. The predicted molar refractivity (Wildman–Crippen MR) is 87.4 cm³/mol. The number of thioether (sulfide) groups is 1. The van der Waals surface area contributed by atoms with Crippen molar-refractivity contribution in [2.75, 3.05) is 12.4 Å². The highest BCUT2D eigenvalue weighted by atomic mass is 79.9. The van der Waals surface area contributed by atoms with Crippen LogP contribution in [0.2, 0.25) is 0 Å². The van der Waals surface area contributed by atoms with E-state index in [9.17, 15) is 0 Å². The molecule has 2 aromatic carbocycles. The number of benzene rings is 2. The van der Waals surface area contributed by atoms with E-state index >= 15 is 0 Å². The summed E-state index contributed by atoms with van der Waals surface area (Å²) in [7, 11) is 0. The van der Waals surface area contributed by atoms with Crippen LogP contribution in [0.3, 0.4) is 0 Å². The van der Waals surface area contributed by atoms with E-state index in [2.05, 4.69) is 40.2 Å². The van der Waals surface area contributed by atoms with Gasteiger partial charge in [0.2, 0.25) is 0 Å². The number of halogens is 1. The number of ether oxygens (including phenoxy) is 1. The molecule has 0 spiro atoms. The fraction of sp³-hybridized carbons (Fsp3) is 0.250. The maximum atomic E-state index is 6.31. The zero-order chi connectivity index (χ0) is 13.9. The highest BCUT2D eigenvalue weighted by molar-refractivity contribution is 9.10. The molecule has 2 nitrogen and oxygen atoms in total. The molecule has 1 atom stereocenters. The molecule has 0 bridgehead atoms. The molecule has 20 heavy (non-hydrogen) atoms. The first-order valence-electron chi connectivity index (χ1n) is 6.62. The summed E-state index contributed by atoms with van der Waals surface area (Å²) in [4.78, 5) is 1.23. The number of nitrogens with two attached hydrogens (primary N) is 1. The largest absolute Gasteiger partial charge is 0.493 e. The van der Waals surface area contributed by atoms with Crippen LogP contribution in [0, 0.1) is 0 Å². The normalized spacial score (nSPS) is 14.7. The molecule has 4 heteroatoms. The molecule has 0 fully saturated rings. The van der Waals surface area contributed by atoms with Gasteiger partial charge in [0.1, 0.15) is 5.75 Å². The van der Waals surface area contributed by atoms with E-state index in [1.807, 2.05) is 18.2 Å². The summed E-state index contributed by atoms with van der Waals surface area (Å²) in [5.41, 5.74) is 8.78. The quantitative estimate of drug-likeness (QED) is 0.841. The Labute approximate surface area is 131 Å². The van der Waals surface area contributed by atoms with Gasteiger partial charge in [0.15, 0.2) is 0 Å². The van der Waals surface area contributed by atoms with Gasteiger partial charge in [-0.15, -0.1) is 11.8 Å². The third-order valence-corrected chi connectivity index (χ3v) is 5.54. The van der Waals surface area contributed by atoms with Gasteiger partial charge in [-0.05, 0) is 45.3 Å². The molecule has 0 saturated carbocycles. The van der Waals surface area contributed by atoms with Gasteiger partial charge in [0.05, 0.1) is 6.61 Å². The molecular formula is C16H16BrNOS. The van der Waals surface area contributed by atoms with Gasteiger partial charge in [0, 0.05) is 27.6 Å². The van der Waals surface area contributed by atoms with Crippen LogP contribution in [0.1, 0.15) is 17.2 Å². The van der Waals surface area contributed by atoms with Crippen LogP contribution in [0.25, 0.3) is 0 Å². The van der Waals surface area contributed by atoms with Crippen molar-refractivity contribution < 1.29 is 4.74 Å². The van der Waals surface area contributed by atoms with Gasteiger partial charge in [-0.1, -0.05) is 24.3 Å². The summed E-state index contributed by atoms with van der Waals surface area (Å²) in [5, 5.41) is 0. The molecule has 2 aromatic rings. The molecule has 104 valence electrons. The molecule has 3 rings (SSSR count). The lowest BCUT2D eigenvalue weighted by molar-refractivity contribution is 0.357. The fourth-order valence-electron chi connectivity index (χ4n) is 2.27. The molecule has 0 aliphatic carbocycles. The molecule has 0 aromatic heterocycles. The van der Waals surface area contributed by atoms with Gasteiger partial charge in [-0.25, -0.2) is 0 Å². The van der Waals surface area contributed by atoms with Gasteiger partial charge < -0.3 is 10.5 Å². The van der Waals surface area contributed by atoms with Gasteiger partial charge in [-0.3, -0.25) is 0 Å².